The van der Waals surface area contributed by atoms with Crippen molar-refractivity contribution in [3.05, 3.63) is 35.1 Å². The molecule has 1 aromatic rings. The number of carboxylic acids is 1. The number of aliphatic carboxylic acids is 1. The summed E-state index contributed by atoms with van der Waals surface area (Å²) in [6.45, 7) is 3.39. The minimum Gasteiger partial charge on any atom is -0.480 e. The molecule has 5 heteroatoms. The standard InChI is InChI=1S/C13H15FN2O2/c1-13(2,12(17)18)16(3)8-10-4-9(7-15)5-11(14)6-10/h4-6H,8H2,1-3H3,(H,17,18). The number of carbonyl (C=O) groups is 1. The fraction of sp³-hybridized carbons (Fsp3) is 0.385. The van der Waals surface area contributed by atoms with Crippen LogP contribution in [0.25, 0.3) is 0 Å². The average molecular weight is 250 g/mol. The lowest BCUT2D eigenvalue weighted by Gasteiger charge is -2.31. The average Bonchev–Trinajstić information content (AvgIpc) is 2.27. The summed E-state index contributed by atoms with van der Waals surface area (Å²) in [5.74, 6) is -1.45. The van der Waals surface area contributed by atoms with Gasteiger partial charge in [0.25, 0.3) is 0 Å². The van der Waals surface area contributed by atoms with Crippen molar-refractivity contribution >= 4 is 5.97 Å². The Bertz CT molecular complexity index is 506. The van der Waals surface area contributed by atoms with Gasteiger partial charge >= 0.3 is 5.97 Å². The lowest BCUT2D eigenvalue weighted by atomic mass is 10.0. The van der Waals surface area contributed by atoms with Crippen molar-refractivity contribution in [1.29, 1.82) is 5.26 Å². The summed E-state index contributed by atoms with van der Waals surface area (Å²) in [4.78, 5) is 12.7. The Kier molecular flexibility index (Phi) is 4.04. The molecule has 0 aliphatic carbocycles. The quantitative estimate of drug-likeness (QED) is 0.887. The van der Waals surface area contributed by atoms with E-state index in [1.807, 2.05) is 6.07 Å². The summed E-state index contributed by atoms with van der Waals surface area (Å²) in [5.41, 5.74) is -0.256. The topological polar surface area (TPSA) is 64.3 Å². The van der Waals surface area contributed by atoms with Gasteiger partial charge in [0.1, 0.15) is 11.4 Å². The Balaban J connectivity index is 2.95. The molecular weight excluding hydrogens is 235 g/mol. The third-order valence-electron chi connectivity index (χ3n) is 2.98. The molecule has 0 aliphatic heterocycles. The van der Waals surface area contributed by atoms with E-state index < -0.39 is 17.3 Å². The number of hydrogen-bond acceptors (Lipinski definition) is 3. The van der Waals surface area contributed by atoms with E-state index in [0.29, 0.717) is 5.56 Å². The predicted octanol–water partition coefficient (Wildman–Crippen LogP) is 1.99. The normalized spacial score (nSPS) is 11.3. The number of likely N-dealkylation sites (N-methyl/N-ethyl adjacent to an activating group) is 1. The first-order valence-corrected chi connectivity index (χ1v) is 5.41. The van der Waals surface area contributed by atoms with Crippen molar-refractivity contribution in [1.82, 2.24) is 4.90 Å². The number of carboxylic acid groups (broad SMARTS) is 1. The van der Waals surface area contributed by atoms with Gasteiger partial charge in [0.15, 0.2) is 0 Å². The van der Waals surface area contributed by atoms with E-state index in [-0.39, 0.29) is 12.1 Å². The Morgan fingerprint density at radius 1 is 1.50 bits per heavy atom. The maximum absolute atomic E-state index is 13.2. The number of nitrogens with zero attached hydrogens (tertiary/aromatic N) is 2. The number of halogens is 1. The minimum atomic E-state index is -1.06. The zero-order valence-electron chi connectivity index (χ0n) is 10.6. The Morgan fingerprint density at radius 2 is 2.11 bits per heavy atom. The summed E-state index contributed by atoms with van der Waals surface area (Å²) in [7, 11) is 1.64. The second-order valence-electron chi connectivity index (χ2n) is 4.68. The van der Waals surface area contributed by atoms with Crippen molar-refractivity contribution < 1.29 is 14.3 Å². The second-order valence-corrected chi connectivity index (χ2v) is 4.68. The molecule has 0 radical (unpaired) electrons. The van der Waals surface area contributed by atoms with E-state index in [1.54, 1.807) is 31.9 Å². The maximum Gasteiger partial charge on any atom is 0.323 e. The number of nitriles is 1. The van der Waals surface area contributed by atoms with Crippen LogP contribution < -0.4 is 0 Å². The molecule has 0 spiro atoms. The zero-order valence-corrected chi connectivity index (χ0v) is 10.6. The van der Waals surface area contributed by atoms with E-state index in [0.717, 1.165) is 6.07 Å². The van der Waals surface area contributed by atoms with E-state index in [1.165, 1.54) is 6.07 Å². The Hall–Kier alpha value is -1.93. The molecule has 0 heterocycles. The second kappa shape index (κ2) is 5.15. The van der Waals surface area contributed by atoms with Crippen LogP contribution in [0.2, 0.25) is 0 Å². The first-order chi connectivity index (χ1) is 8.27. The predicted molar refractivity (Wildman–Crippen MR) is 64.3 cm³/mol. The molecule has 0 amide bonds. The third kappa shape index (κ3) is 3.05. The van der Waals surface area contributed by atoms with Gasteiger partial charge in [0, 0.05) is 6.54 Å². The van der Waals surface area contributed by atoms with E-state index in [2.05, 4.69) is 0 Å². The van der Waals surface area contributed by atoms with Crippen LogP contribution in [0.15, 0.2) is 18.2 Å². The molecule has 0 unspecified atom stereocenters. The summed E-state index contributed by atoms with van der Waals surface area (Å²) >= 11 is 0. The van der Waals surface area contributed by atoms with Crippen molar-refractivity contribution in [3.63, 3.8) is 0 Å². The molecule has 0 aromatic heterocycles. The minimum absolute atomic E-state index is 0.228. The van der Waals surface area contributed by atoms with Gasteiger partial charge in [-0.3, -0.25) is 9.69 Å². The molecule has 0 aliphatic rings. The molecule has 96 valence electrons. The Morgan fingerprint density at radius 3 is 2.61 bits per heavy atom. The van der Waals surface area contributed by atoms with Crippen LogP contribution in [0.4, 0.5) is 4.39 Å². The van der Waals surface area contributed by atoms with Crippen LogP contribution in [0.1, 0.15) is 25.0 Å². The van der Waals surface area contributed by atoms with Crippen molar-refractivity contribution in [3.8, 4) is 6.07 Å². The largest absolute Gasteiger partial charge is 0.480 e. The van der Waals surface area contributed by atoms with E-state index in [4.69, 9.17) is 10.4 Å². The van der Waals surface area contributed by atoms with Crippen LogP contribution in [0.5, 0.6) is 0 Å². The highest BCUT2D eigenvalue weighted by Gasteiger charge is 2.31. The highest BCUT2D eigenvalue weighted by molar-refractivity contribution is 5.77. The van der Waals surface area contributed by atoms with Gasteiger partial charge in [-0.05, 0) is 44.7 Å². The van der Waals surface area contributed by atoms with Gasteiger partial charge in [0.2, 0.25) is 0 Å². The third-order valence-corrected chi connectivity index (χ3v) is 2.98. The van der Waals surface area contributed by atoms with Gasteiger partial charge in [-0.2, -0.15) is 5.26 Å². The van der Waals surface area contributed by atoms with Crippen LogP contribution in [0, 0.1) is 17.1 Å². The van der Waals surface area contributed by atoms with Crippen molar-refractivity contribution in [2.75, 3.05) is 7.05 Å². The molecule has 0 saturated carbocycles. The lowest BCUT2D eigenvalue weighted by Crippen LogP contribution is -2.47. The number of rotatable bonds is 4. The molecule has 1 N–H and O–H groups in total. The van der Waals surface area contributed by atoms with Gasteiger partial charge in [0.05, 0.1) is 11.6 Å². The highest BCUT2D eigenvalue weighted by atomic mass is 19.1. The lowest BCUT2D eigenvalue weighted by molar-refractivity contribution is -0.148. The fourth-order valence-corrected chi connectivity index (χ4v) is 1.44. The number of benzene rings is 1. The van der Waals surface area contributed by atoms with Crippen molar-refractivity contribution in [2.45, 2.75) is 25.9 Å². The highest BCUT2D eigenvalue weighted by Crippen LogP contribution is 2.17. The van der Waals surface area contributed by atoms with E-state index in [9.17, 15) is 9.18 Å². The first-order valence-electron chi connectivity index (χ1n) is 5.41. The molecule has 18 heavy (non-hydrogen) atoms. The monoisotopic (exact) mass is 250 g/mol. The summed E-state index contributed by atoms with van der Waals surface area (Å²) in [6.07, 6.45) is 0. The SMILES string of the molecule is CN(Cc1cc(F)cc(C#N)c1)C(C)(C)C(=O)O. The smallest absolute Gasteiger partial charge is 0.323 e. The first kappa shape index (κ1) is 14.1. The molecule has 4 nitrogen and oxygen atoms in total. The fourth-order valence-electron chi connectivity index (χ4n) is 1.44. The van der Waals surface area contributed by atoms with Crippen LogP contribution in [0.3, 0.4) is 0 Å². The summed E-state index contributed by atoms with van der Waals surface area (Å²) < 4.78 is 13.2. The molecular formula is C13H15FN2O2. The molecule has 0 fully saturated rings. The maximum atomic E-state index is 13.2. The van der Waals surface area contributed by atoms with Crippen molar-refractivity contribution in [2.24, 2.45) is 0 Å². The van der Waals surface area contributed by atoms with Gasteiger partial charge in [-0.1, -0.05) is 0 Å². The van der Waals surface area contributed by atoms with Gasteiger partial charge < -0.3 is 5.11 Å². The van der Waals surface area contributed by atoms with Gasteiger partial charge in [-0.15, -0.1) is 0 Å². The molecule has 0 saturated heterocycles. The molecule has 1 rings (SSSR count). The molecule has 0 atom stereocenters. The molecule has 0 bridgehead atoms. The Labute approximate surface area is 105 Å². The van der Waals surface area contributed by atoms with E-state index >= 15 is 0 Å². The number of hydrogen-bond donors (Lipinski definition) is 1. The van der Waals surface area contributed by atoms with Crippen LogP contribution >= 0.6 is 0 Å². The van der Waals surface area contributed by atoms with Crippen LogP contribution in [-0.2, 0) is 11.3 Å². The molecule has 1 aromatic carbocycles. The summed E-state index contributed by atoms with van der Waals surface area (Å²) in [5, 5.41) is 17.8. The summed E-state index contributed by atoms with van der Waals surface area (Å²) in [6, 6.07) is 5.87. The zero-order chi connectivity index (χ0) is 13.9. The van der Waals surface area contributed by atoms with Crippen LogP contribution in [-0.4, -0.2) is 28.6 Å². The van der Waals surface area contributed by atoms with Gasteiger partial charge in [-0.25, -0.2) is 4.39 Å².